The van der Waals surface area contributed by atoms with Crippen LogP contribution in [0.15, 0.2) is 52.1 Å². The van der Waals surface area contributed by atoms with Crippen molar-refractivity contribution >= 4 is 29.9 Å². The second kappa shape index (κ2) is 14.4. The van der Waals surface area contributed by atoms with Crippen LogP contribution in [0, 0.1) is 0 Å². The number of benzene rings is 1. The van der Waals surface area contributed by atoms with Crippen molar-refractivity contribution in [2.24, 2.45) is 4.99 Å². The highest BCUT2D eigenvalue weighted by Gasteiger charge is 2.12. The van der Waals surface area contributed by atoms with Gasteiger partial charge in [-0.15, -0.1) is 24.0 Å². The average Bonchev–Trinajstić information content (AvgIpc) is 3.27. The molecule has 0 aliphatic carbocycles. The molecule has 1 aromatic heterocycles. The van der Waals surface area contributed by atoms with Gasteiger partial charge in [0.25, 0.3) is 0 Å². The third kappa shape index (κ3) is 8.63. The summed E-state index contributed by atoms with van der Waals surface area (Å²) >= 11 is 0. The lowest BCUT2D eigenvalue weighted by molar-refractivity contribution is 0.0341. The summed E-state index contributed by atoms with van der Waals surface area (Å²) in [6.45, 7) is 7.25. The monoisotopic (exact) mass is 528 g/mol. The molecular weight excluding hydrogens is 495 g/mol. The van der Waals surface area contributed by atoms with Gasteiger partial charge >= 0.3 is 0 Å². The van der Waals surface area contributed by atoms with Gasteiger partial charge in [0.1, 0.15) is 5.76 Å². The van der Waals surface area contributed by atoms with E-state index in [0.29, 0.717) is 19.7 Å². The van der Waals surface area contributed by atoms with E-state index < -0.39 is 0 Å². The molecule has 0 amide bonds. The second-order valence-corrected chi connectivity index (χ2v) is 7.00. The van der Waals surface area contributed by atoms with Crippen LogP contribution in [0.2, 0.25) is 0 Å². The Morgan fingerprint density at radius 1 is 1.07 bits per heavy atom. The lowest BCUT2D eigenvalue weighted by Crippen LogP contribution is -2.40. The molecule has 2 aromatic rings. The Morgan fingerprint density at radius 2 is 1.83 bits per heavy atom. The van der Waals surface area contributed by atoms with Gasteiger partial charge in [0.05, 0.1) is 32.6 Å². The largest absolute Gasteiger partial charge is 0.469 e. The number of guanidine groups is 1. The van der Waals surface area contributed by atoms with Crippen molar-refractivity contribution in [2.75, 3.05) is 53.1 Å². The SMILES string of the molecule is COCCNC(=NCc1ccccc1CN1CCOCC1)NCCc1ccco1.I. The van der Waals surface area contributed by atoms with Crippen molar-refractivity contribution in [3.05, 3.63) is 59.5 Å². The van der Waals surface area contributed by atoms with Crippen molar-refractivity contribution in [3.63, 3.8) is 0 Å². The van der Waals surface area contributed by atoms with Gasteiger partial charge in [0.15, 0.2) is 5.96 Å². The minimum atomic E-state index is 0. The highest BCUT2D eigenvalue weighted by Crippen LogP contribution is 2.14. The molecule has 0 atom stereocenters. The van der Waals surface area contributed by atoms with Gasteiger partial charge in [0, 0.05) is 46.3 Å². The van der Waals surface area contributed by atoms with E-state index in [0.717, 1.165) is 57.5 Å². The number of hydrogen-bond acceptors (Lipinski definition) is 5. The minimum absolute atomic E-state index is 0. The Labute approximate surface area is 196 Å². The lowest BCUT2D eigenvalue weighted by atomic mass is 10.1. The van der Waals surface area contributed by atoms with E-state index in [4.69, 9.17) is 18.9 Å². The van der Waals surface area contributed by atoms with E-state index in [1.807, 2.05) is 12.1 Å². The van der Waals surface area contributed by atoms with Crippen LogP contribution in [0.1, 0.15) is 16.9 Å². The second-order valence-electron chi connectivity index (χ2n) is 7.00. The van der Waals surface area contributed by atoms with Gasteiger partial charge in [0.2, 0.25) is 0 Å². The molecule has 166 valence electrons. The molecule has 30 heavy (non-hydrogen) atoms. The number of ether oxygens (including phenoxy) is 2. The first kappa shape index (κ1) is 24.6. The fourth-order valence-corrected chi connectivity index (χ4v) is 3.24. The smallest absolute Gasteiger partial charge is 0.191 e. The van der Waals surface area contributed by atoms with Gasteiger partial charge in [-0.3, -0.25) is 4.90 Å². The van der Waals surface area contributed by atoms with Gasteiger partial charge in [-0.1, -0.05) is 24.3 Å². The Bertz CT molecular complexity index is 734. The summed E-state index contributed by atoms with van der Waals surface area (Å²) < 4.78 is 16.0. The van der Waals surface area contributed by atoms with Crippen LogP contribution in [0.25, 0.3) is 0 Å². The van der Waals surface area contributed by atoms with E-state index in [1.165, 1.54) is 11.1 Å². The van der Waals surface area contributed by atoms with Crippen molar-refractivity contribution < 1.29 is 13.9 Å². The molecule has 0 radical (unpaired) electrons. The molecule has 1 saturated heterocycles. The van der Waals surface area contributed by atoms with Crippen LogP contribution in [0.3, 0.4) is 0 Å². The van der Waals surface area contributed by atoms with Crippen molar-refractivity contribution in [2.45, 2.75) is 19.5 Å². The minimum Gasteiger partial charge on any atom is -0.469 e. The summed E-state index contributed by atoms with van der Waals surface area (Å²) in [7, 11) is 1.70. The predicted molar refractivity (Wildman–Crippen MR) is 129 cm³/mol. The van der Waals surface area contributed by atoms with Crippen molar-refractivity contribution in [1.29, 1.82) is 0 Å². The Morgan fingerprint density at radius 3 is 2.57 bits per heavy atom. The summed E-state index contributed by atoms with van der Waals surface area (Å²) in [4.78, 5) is 7.24. The quantitative estimate of drug-likeness (QED) is 0.214. The normalized spacial score (nSPS) is 14.9. The summed E-state index contributed by atoms with van der Waals surface area (Å²) in [6.07, 6.45) is 2.51. The number of nitrogens with one attached hydrogen (secondary N) is 2. The molecular formula is C22H33IN4O3. The number of hydrogen-bond donors (Lipinski definition) is 2. The number of aliphatic imine (C=N–C) groups is 1. The van der Waals surface area contributed by atoms with Crippen molar-refractivity contribution in [3.8, 4) is 0 Å². The fourth-order valence-electron chi connectivity index (χ4n) is 3.24. The lowest BCUT2D eigenvalue weighted by Gasteiger charge is -2.27. The summed E-state index contributed by atoms with van der Waals surface area (Å²) in [5, 5.41) is 6.71. The van der Waals surface area contributed by atoms with Crippen LogP contribution in [-0.4, -0.2) is 64.0 Å². The fraction of sp³-hybridized carbons (Fsp3) is 0.500. The number of methoxy groups -OCH3 is 1. The zero-order valence-electron chi connectivity index (χ0n) is 17.6. The summed E-state index contributed by atoms with van der Waals surface area (Å²) in [6, 6.07) is 12.4. The van der Waals surface area contributed by atoms with Crippen LogP contribution in [0.5, 0.6) is 0 Å². The van der Waals surface area contributed by atoms with Gasteiger partial charge in [-0.2, -0.15) is 0 Å². The average molecular weight is 528 g/mol. The number of furan rings is 1. The topological polar surface area (TPSA) is 71.3 Å². The van der Waals surface area contributed by atoms with E-state index in [2.05, 4.69) is 39.8 Å². The number of nitrogens with zero attached hydrogens (tertiary/aromatic N) is 2. The molecule has 1 aliphatic rings. The molecule has 1 fully saturated rings. The molecule has 1 aliphatic heterocycles. The van der Waals surface area contributed by atoms with Gasteiger partial charge in [-0.05, 0) is 23.3 Å². The maximum atomic E-state index is 5.46. The highest BCUT2D eigenvalue weighted by molar-refractivity contribution is 14.0. The zero-order valence-corrected chi connectivity index (χ0v) is 20.0. The highest BCUT2D eigenvalue weighted by atomic mass is 127. The molecule has 2 heterocycles. The first-order valence-corrected chi connectivity index (χ1v) is 10.3. The summed E-state index contributed by atoms with van der Waals surface area (Å²) in [5.41, 5.74) is 2.57. The van der Waals surface area contributed by atoms with Gasteiger partial charge in [-0.25, -0.2) is 4.99 Å². The van der Waals surface area contributed by atoms with Crippen LogP contribution in [-0.2, 0) is 29.0 Å². The standard InChI is InChI=1S/C22H32N4O3.HI/c1-27-14-10-24-22(23-9-8-21-7-4-13-29-21)25-17-19-5-2-3-6-20(19)18-26-11-15-28-16-12-26;/h2-7,13H,8-12,14-18H2,1H3,(H2,23,24,25);1H. The first-order chi connectivity index (χ1) is 14.3. The molecule has 1 aromatic carbocycles. The van der Waals surface area contributed by atoms with Crippen LogP contribution in [0.4, 0.5) is 0 Å². The number of morpholine rings is 1. The molecule has 3 rings (SSSR count). The van der Waals surface area contributed by atoms with E-state index in [-0.39, 0.29) is 24.0 Å². The Balaban J connectivity index is 0.00000320. The molecule has 0 bridgehead atoms. The maximum absolute atomic E-state index is 5.46. The zero-order chi connectivity index (χ0) is 20.2. The molecule has 2 N–H and O–H groups in total. The maximum Gasteiger partial charge on any atom is 0.191 e. The molecule has 7 nitrogen and oxygen atoms in total. The van der Waals surface area contributed by atoms with Crippen LogP contribution < -0.4 is 10.6 Å². The third-order valence-electron chi connectivity index (χ3n) is 4.87. The first-order valence-electron chi connectivity index (χ1n) is 10.3. The van der Waals surface area contributed by atoms with E-state index in [1.54, 1.807) is 13.4 Å². The molecule has 0 unspecified atom stereocenters. The van der Waals surface area contributed by atoms with E-state index >= 15 is 0 Å². The van der Waals surface area contributed by atoms with E-state index in [9.17, 15) is 0 Å². The molecule has 0 spiro atoms. The molecule has 0 saturated carbocycles. The van der Waals surface area contributed by atoms with Crippen molar-refractivity contribution in [1.82, 2.24) is 15.5 Å². The Hall–Kier alpha value is -1.62. The van der Waals surface area contributed by atoms with Crippen LogP contribution >= 0.6 is 24.0 Å². The summed E-state index contributed by atoms with van der Waals surface area (Å²) in [5.74, 6) is 1.75. The molecule has 8 heteroatoms. The number of halogens is 1. The number of rotatable bonds is 10. The third-order valence-corrected chi connectivity index (χ3v) is 4.87. The van der Waals surface area contributed by atoms with Gasteiger partial charge < -0.3 is 24.5 Å². The predicted octanol–water partition coefficient (Wildman–Crippen LogP) is 2.65. The Kier molecular flexibility index (Phi) is 11.8.